The molecule has 1 aliphatic carbocycles. The normalized spacial score (nSPS) is 20.4. The highest BCUT2D eigenvalue weighted by Gasteiger charge is 2.73. The van der Waals surface area contributed by atoms with E-state index in [2.05, 4.69) is 10.5 Å². The lowest BCUT2D eigenvalue weighted by atomic mass is 9.61. The van der Waals surface area contributed by atoms with Gasteiger partial charge in [-0.2, -0.15) is 22.7 Å². The predicted octanol–water partition coefficient (Wildman–Crippen LogP) is 5.66. The maximum atomic E-state index is 14.2. The van der Waals surface area contributed by atoms with Gasteiger partial charge in [-0.3, -0.25) is 25.7 Å². The molecule has 0 fully saturated rings. The van der Waals surface area contributed by atoms with Crippen LogP contribution in [0.3, 0.4) is 0 Å². The van der Waals surface area contributed by atoms with Crippen LogP contribution < -0.4 is 5.43 Å². The van der Waals surface area contributed by atoms with Gasteiger partial charge >= 0.3 is 16.5 Å². The number of allylic oxidation sites excluding steroid dienone is 2. The number of aliphatic hydroxyl groups is 1. The molecule has 0 radical (unpaired) electrons. The topological polar surface area (TPSA) is 131 Å². The number of nitro benzene ring substituents is 2. The van der Waals surface area contributed by atoms with Crippen LogP contribution in [0.15, 0.2) is 34.9 Å². The smallest absolute Gasteiger partial charge is 0.357 e. The van der Waals surface area contributed by atoms with Gasteiger partial charge in [0.25, 0.3) is 5.69 Å². The zero-order valence-corrected chi connectivity index (χ0v) is 18.8. The Hall–Kier alpha value is -2.51. The van der Waals surface area contributed by atoms with Gasteiger partial charge in [-0.1, -0.05) is 19.4 Å². The fraction of sp³-hybridized carbons (Fsp3) is 0.500. The molecule has 2 N–H and O–H groups in total. The van der Waals surface area contributed by atoms with Crippen molar-refractivity contribution in [3.8, 4) is 0 Å². The molecule has 0 heterocycles. The largest absolute Gasteiger partial charge is 0.376 e. The van der Waals surface area contributed by atoms with Crippen LogP contribution in [0.2, 0.25) is 0 Å². The van der Waals surface area contributed by atoms with Crippen molar-refractivity contribution in [2.24, 2.45) is 16.4 Å². The van der Waals surface area contributed by atoms with E-state index in [9.17, 15) is 42.9 Å². The molecule has 2 rings (SSSR count). The second-order valence-corrected chi connectivity index (χ2v) is 9.16. The summed E-state index contributed by atoms with van der Waals surface area (Å²) in [5.74, 6) is -2.15. The highest BCUT2D eigenvalue weighted by molar-refractivity contribution is 6.27. The van der Waals surface area contributed by atoms with Gasteiger partial charge in [0.1, 0.15) is 5.69 Å². The summed E-state index contributed by atoms with van der Waals surface area (Å²) in [4.78, 5) is 20.3. The van der Waals surface area contributed by atoms with Gasteiger partial charge in [0.05, 0.1) is 27.5 Å². The first-order chi connectivity index (χ1) is 14.8. The van der Waals surface area contributed by atoms with Gasteiger partial charge in [-0.05, 0) is 54.1 Å². The molecule has 1 atom stereocenters. The van der Waals surface area contributed by atoms with Crippen molar-refractivity contribution in [3.05, 3.63) is 50.1 Å². The van der Waals surface area contributed by atoms with Crippen LogP contribution in [-0.2, 0) is 0 Å². The highest BCUT2D eigenvalue weighted by Crippen LogP contribution is 2.57. The average Bonchev–Trinajstić information content (AvgIpc) is 2.62. The Bertz CT molecular complexity index is 1020. The van der Waals surface area contributed by atoms with E-state index in [0.29, 0.717) is 11.6 Å². The minimum Gasteiger partial charge on any atom is -0.376 e. The number of hydrazone groups is 1. The van der Waals surface area contributed by atoms with Crippen molar-refractivity contribution in [3.63, 3.8) is 0 Å². The van der Waals surface area contributed by atoms with E-state index in [1.807, 2.05) is 0 Å². The molecule has 1 aromatic carbocycles. The summed E-state index contributed by atoms with van der Waals surface area (Å²) in [6.07, 6.45) is 1.12. The quantitative estimate of drug-likeness (QED) is 0.208. The fourth-order valence-electron chi connectivity index (χ4n) is 3.98. The number of rotatable bonds is 7. The third-order valence-electron chi connectivity index (χ3n) is 5.18. The molecule has 0 saturated heterocycles. The van der Waals surface area contributed by atoms with Gasteiger partial charge < -0.3 is 5.11 Å². The number of non-ortho nitro benzene ring substituents is 1. The molecule has 1 aromatic rings. The molecule has 0 amide bonds. The van der Waals surface area contributed by atoms with E-state index in [1.165, 1.54) is 13.8 Å². The first kappa shape index (κ1) is 26.7. The first-order valence-electron chi connectivity index (χ1n) is 9.12. The number of hydrogen-bond acceptors (Lipinski definition) is 7. The van der Waals surface area contributed by atoms with Crippen molar-refractivity contribution >= 4 is 46.0 Å². The van der Waals surface area contributed by atoms with Crippen molar-refractivity contribution < 1.29 is 32.5 Å². The van der Waals surface area contributed by atoms with Crippen molar-refractivity contribution in [2.75, 3.05) is 5.43 Å². The molecule has 15 heteroatoms. The molecule has 1 unspecified atom stereocenters. The molecule has 182 valence electrons. The maximum absolute atomic E-state index is 14.2. The summed E-state index contributed by atoms with van der Waals surface area (Å²) in [6.45, 7) is 4.18. The van der Waals surface area contributed by atoms with Crippen LogP contribution in [0.4, 0.5) is 34.6 Å². The fourth-order valence-corrected chi connectivity index (χ4v) is 4.48. The van der Waals surface area contributed by atoms with Crippen LogP contribution in [0.1, 0.15) is 27.2 Å². The Kier molecular flexibility index (Phi) is 7.04. The molecule has 0 spiro atoms. The number of nitro groups is 2. The first-order valence-corrected chi connectivity index (χ1v) is 9.88. The standard InChI is InChI=1S/C18H18Cl2F4N4O5/c1-9-6-12(26-25-11-5-4-10(27(30)31)7-13(11)28(32)33)14(15(2,3)8-9)16(29,17(19,21)22)18(20,23)24/h4-7,14,25,29H,8H2,1-3H3/b26-12+. The molecular formula is C18H18Cl2F4N4O5. The minimum absolute atomic E-state index is 0.0172. The predicted molar refractivity (Wildman–Crippen MR) is 113 cm³/mol. The monoisotopic (exact) mass is 516 g/mol. The molecule has 9 nitrogen and oxygen atoms in total. The van der Waals surface area contributed by atoms with Crippen LogP contribution >= 0.6 is 23.2 Å². The van der Waals surface area contributed by atoms with E-state index in [-0.39, 0.29) is 6.42 Å². The SMILES string of the molecule is CC1=C/C(=N\Nc2ccc([N+](=O)[O-])cc2[N+](=O)[O-])C(C(O)(C(F)(F)Cl)C(F)(F)Cl)C(C)(C)C1. The molecule has 33 heavy (non-hydrogen) atoms. The summed E-state index contributed by atoms with van der Waals surface area (Å²) >= 11 is 9.84. The number of halogens is 6. The molecule has 0 aliphatic heterocycles. The van der Waals surface area contributed by atoms with E-state index in [1.54, 1.807) is 6.92 Å². The number of benzene rings is 1. The van der Waals surface area contributed by atoms with Crippen molar-refractivity contribution in [1.29, 1.82) is 0 Å². The molecule has 0 bridgehead atoms. The van der Waals surface area contributed by atoms with E-state index < -0.39 is 60.3 Å². The van der Waals surface area contributed by atoms with Crippen LogP contribution in [0.5, 0.6) is 0 Å². The Labute approximate surface area is 194 Å². The van der Waals surface area contributed by atoms with Gasteiger partial charge in [-0.15, -0.1) is 0 Å². The van der Waals surface area contributed by atoms with Crippen molar-refractivity contribution in [2.45, 2.75) is 43.6 Å². The number of alkyl halides is 6. The second-order valence-electron chi connectivity index (χ2n) is 8.22. The van der Waals surface area contributed by atoms with Gasteiger partial charge in [0.15, 0.2) is 0 Å². The van der Waals surface area contributed by atoms with E-state index in [4.69, 9.17) is 23.2 Å². The summed E-state index contributed by atoms with van der Waals surface area (Å²) in [6, 6.07) is 2.47. The maximum Gasteiger partial charge on any atom is 0.357 e. The Balaban J connectivity index is 2.69. The molecular weight excluding hydrogens is 499 g/mol. The molecule has 0 saturated carbocycles. The Morgan fingerprint density at radius 3 is 2.15 bits per heavy atom. The number of hydrogen-bond donors (Lipinski definition) is 2. The van der Waals surface area contributed by atoms with Crippen molar-refractivity contribution in [1.82, 2.24) is 0 Å². The minimum atomic E-state index is -4.92. The third kappa shape index (κ3) is 5.04. The van der Waals surface area contributed by atoms with Crippen LogP contribution in [0, 0.1) is 31.6 Å². The number of anilines is 1. The van der Waals surface area contributed by atoms with Gasteiger partial charge in [-0.25, -0.2) is 0 Å². The zero-order chi connectivity index (χ0) is 25.6. The zero-order valence-electron chi connectivity index (χ0n) is 17.3. The Morgan fingerprint density at radius 1 is 1.15 bits per heavy atom. The summed E-state index contributed by atoms with van der Waals surface area (Å²) in [5, 5.41) is 26.7. The number of nitrogens with one attached hydrogen (secondary N) is 1. The Morgan fingerprint density at radius 2 is 1.70 bits per heavy atom. The van der Waals surface area contributed by atoms with Crippen LogP contribution in [0.25, 0.3) is 0 Å². The highest BCUT2D eigenvalue weighted by atomic mass is 35.5. The van der Waals surface area contributed by atoms with Gasteiger partial charge in [0, 0.05) is 6.07 Å². The van der Waals surface area contributed by atoms with E-state index >= 15 is 0 Å². The summed E-state index contributed by atoms with van der Waals surface area (Å²) in [5.41, 5.74) is -5.44. The number of nitrogens with zero attached hydrogens (tertiary/aromatic N) is 3. The van der Waals surface area contributed by atoms with E-state index in [0.717, 1.165) is 18.2 Å². The lowest BCUT2D eigenvalue weighted by molar-refractivity contribution is -0.393. The van der Waals surface area contributed by atoms with Crippen LogP contribution in [-0.4, -0.2) is 37.0 Å². The summed E-state index contributed by atoms with van der Waals surface area (Å²) < 4.78 is 56.9. The second kappa shape index (κ2) is 8.69. The van der Waals surface area contributed by atoms with Gasteiger partial charge in [0.2, 0.25) is 5.60 Å². The lowest BCUT2D eigenvalue weighted by Gasteiger charge is -2.49. The average molecular weight is 517 g/mol. The summed E-state index contributed by atoms with van der Waals surface area (Å²) in [7, 11) is 0. The lowest BCUT2D eigenvalue weighted by Crippen LogP contribution is -2.66. The molecule has 0 aromatic heterocycles. The third-order valence-corrected chi connectivity index (χ3v) is 5.76. The molecule has 1 aliphatic rings.